The van der Waals surface area contributed by atoms with Crippen LogP contribution >= 0.6 is 0 Å². The Morgan fingerprint density at radius 1 is 0.900 bits per heavy atom. The van der Waals surface area contributed by atoms with Crippen LogP contribution in [0.4, 0.5) is 8.78 Å². The van der Waals surface area contributed by atoms with E-state index in [0.717, 1.165) is 49.4 Å². The number of unbranched alkanes of at least 4 members (excludes halogenated alkanes) is 3. The molecule has 0 amide bonds. The van der Waals surface area contributed by atoms with Gasteiger partial charge in [0.1, 0.15) is 6.07 Å². The minimum Gasteiger partial charge on any atom is -0.203 e. The van der Waals surface area contributed by atoms with Gasteiger partial charge >= 0.3 is 0 Å². The molecule has 1 nitrogen and oxygen atoms in total. The summed E-state index contributed by atoms with van der Waals surface area (Å²) < 4.78 is 28.4. The zero-order valence-electron chi connectivity index (χ0n) is 18.9. The van der Waals surface area contributed by atoms with Crippen molar-refractivity contribution in [1.29, 1.82) is 5.26 Å². The molecule has 0 N–H and O–H groups in total. The Morgan fingerprint density at radius 2 is 1.53 bits per heavy atom. The lowest BCUT2D eigenvalue weighted by atomic mass is 9.66. The van der Waals surface area contributed by atoms with Gasteiger partial charge in [0.2, 0.25) is 0 Å². The Hall–Kier alpha value is -1.43. The van der Waals surface area contributed by atoms with Gasteiger partial charge in [0, 0.05) is 0 Å². The van der Waals surface area contributed by atoms with Gasteiger partial charge in [0.15, 0.2) is 11.6 Å². The lowest BCUT2D eigenvalue weighted by molar-refractivity contribution is 0.131. The van der Waals surface area contributed by atoms with Gasteiger partial charge in [-0.15, -0.1) is 0 Å². The standard InChI is InChI=1S/C27H39F2N/c1-3-4-5-6-7-20-8-10-21(11-9-20)19(2)22-12-14-23(15-13-22)25-17-16-24(18-30)26(28)27(25)29/h16-17,19-23H,3-15H2,1-2H3. The van der Waals surface area contributed by atoms with Gasteiger partial charge in [-0.1, -0.05) is 64.9 Å². The van der Waals surface area contributed by atoms with Crippen molar-refractivity contribution >= 4 is 0 Å². The summed E-state index contributed by atoms with van der Waals surface area (Å²) in [6.45, 7) is 4.72. The van der Waals surface area contributed by atoms with Gasteiger partial charge in [-0.2, -0.15) is 5.26 Å². The van der Waals surface area contributed by atoms with E-state index in [1.807, 2.05) is 0 Å². The second-order valence-corrected chi connectivity index (χ2v) is 10.0. The molecule has 0 aliphatic heterocycles. The van der Waals surface area contributed by atoms with Crippen LogP contribution in [-0.2, 0) is 0 Å². The number of rotatable bonds is 8. The SMILES string of the molecule is CCCCCCC1CCC(C(C)C2CCC(c3ccc(C#N)c(F)c3F)CC2)CC1. The summed E-state index contributed by atoms with van der Waals surface area (Å²) in [6.07, 6.45) is 16.6. The van der Waals surface area contributed by atoms with Crippen LogP contribution in [0.15, 0.2) is 12.1 Å². The number of nitriles is 1. The maximum absolute atomic E-state index is 14.4. The Morgan fingerprint density at radius 3 is 2.13 bits per heavy atom. The number of nitrogens with zero attached hydrogens (tertiary/aromatic N) is 1. The first-order valence-corrected chi connectivity index (χ1v) is 12.4. The van der Waals surface area contributed by atoms with Crippen molar-refractivity contribution in [3.63, 3.8) is 0 Å². The Labute approximate surface area is 182 Å². The highest BCUT2D eigenvalue weighted by Crippen LogP contribution is 2.45. The van der Waals surface area contributed by atoms with Crippen molar-refractivity contribution in [2.24, 2.45) is 23.7 Å². The highest BCUT2D eigenvalue weighted by Gasteiger charge is 2.33. The monoisotopic (exact) mass is 415 g/mol. The zero-order chi connectivity index (χ0) is 21.5. The fourth-order valence-corrected chi connectivity index (χ4v) is 6.17. The van der Waals surface area contributed by atoms with Gasteiger partial charge in [-0.3, -0.25) is 0 Å². The summed E-state index contributed by atoms with van der Waals surface area (Å²) in [6, 6.07) is 4.80. The molecule has 1 aromatic rings. The van der Waals surface area contributed by atoms with Crippen LogP contribution in [0.25, 0.3) is 0 Å². The zero-order valence-corrected chi connectivity index (χ0v) is 18.9. The van der Waals surface area contributed by atoms with Crippen LogP contribution in [0, 0.1) is 46.6 Å². The van der Waals surface area contributed by atoms with Crippen LogP contribution in [0.2, 0.25) is 0 Å². The highest BCUT2D eigenvalue weighted by atomic mass is 19.2. The summed E-state index contributed by atoms with van der Waals surface area (Å²) >= 11 is 0. The molecular weight excluding hydrogens is 376 g/mol. The van der Waals surface area contributed by atoms with E-state index in [0.29, 0.717) is 5.56 Å². The van der Waals surface area contributed by atoms with Crippen molar-refractivity contribution in [1.82, 2.24) is 0 Å². The van der Waals surface area contributed by atoms with Crippen LogP contribution < -0.4 is 0 Å². The molecular formula is C27H39F2N. The van der Waals surface area contributed by atoms with Gasteiger partial charge in [0.05, 0.1) is 5.56 Å². The molecule has 1 aromatic carbocycles. The Bertz CT molecular complexity index is 706. The maximum atomic E-state index is 14.4. The summed E-state index contributed by atoms with van der Waals surface area (Å²) in [5.74, 6) is 1.58. The summed E-state index contributed by atoms with van der Waals surface area (Å²) in [5.41, 5.74) is 0.278. The molecule has 0 radical (unpaired) electrons. The summed E-state index contributed by atoms with van der Waals surface area (Å²) in [4.78, 5) is 0. The first-order chi connectivity index (χ1) is 14.5. The highest BCUT2D eigenvalue weighted by molar-refractivity contribution is 5.36. The Balaban J connectivity index is 1.45. The average Bonchev–Trinajstić information content (AvgIpc) is 2.79. The Kier molecular flexibility index (Phi) is 8.72. The molecule has 1 unspecified atom stereocenters. The first kappa shape index (κ1) is 23.2. The van der Waals surface area contributed by atoms with E-state index in [4.69, 9.17) is 5.26 Å². The molecule has 166 valence electrons. The molecule has 0 bridgehead atoms. The summed E-state index contributed by atoms with van der Waals surface area (Å²) in [7, 11) is 0. The van der Waals surface area contributed by atoms with Crippen molar-refractivity contribution in [3.05, 3.63) is 34.9 Å². The molecule has 2 fully saturated rings. The van der Waals surface area contributed by atoms with Crippen molar-refractivity contribution < 1.29 is 8.78 Å². The lowest BCUT2D eigenvalue weighted by Gasteiger charge is -2.39. The fourth-order valence-electron chi connectivity index (χ4n) is 6.17. The normalized spacial score (nSPS) is 28.1. The predicted molar refractivity (Wildman–Crippen MR) is 119 cm³/mol. The third kappa shape index (κ3) is 5.63. The molecule has 3 heteroatoms. The number of halogens is 2. The molecule has 2 aliphatic rings. The van der Waals surface area contributed by atoms with E-state index in [1.54, 1.807) is 12.1 Å². The molecule has 3 rings (SSSR count). The van der Waals surface area contributed by atoms with Crippen LogP contribution in [0.5, 0.6) is 0 Å². The van der Waals surface area contributed by atoms with Gasteiger partial charge in [-0.05, 0) is 79.7 Å². The maximum Gasteiger partial charge on any atom is 0.176 e. The molecule has 30 heavy (non-hydrogen) atoms. The fraction of sp³-hybridized carbons (Fsp3) is 0.741. The second kappa shape index (κ2) is 11.3. The minimum atomic E-state index is -0.975. The summed E-state index contributed by atoms with van der Waals surface area (Å²) in [5, 5.41) is 8.89. The van der Waals surface area contributed by atoms with Crippen LogP contribution in [-0.4, -0.2) is 0 Å². The quantitative estimate of drug-likeness (QED) is 0.390. The number of hydrogen-bond acceptors (Lipinski definition) is 1. The third-order valence-corrected chi connectivity index (χ3v) is 8.29. The van der Waals surface area contributed by atoms with Crippen LogP contribution in [0.3, 0.4) is 0 Å². The van der Waals surface area contributed by atoms with Gasteiger partial charge in [0.25, 0.3) is 0 Å². The number of hydrogen-bond donors (Lipinski definition) is 0. The topological polar surface area (TPSA) is 23.8 Å². The molecule has 0 aromatic heterocycles. The third-order valence-electron chi connectivity index (χ3n) is 8.29. The van der Waals surface area contributed by atoms with E-state index < -0.39 is 11.6 Å². The van der Waals surface area contributed by atoms with Crippen molar-refractivity contribution in [2.45, 2.75) is 103 Å². The van der Waals surface area contributed by atoms with E-state index in [2.05, 4.69) is 13.8 Å². The molecule has 2 aliphatic carbocycles. The first-order valence-electron chi connectivity index (χ1n) is 12.4. The van der Waals surface area contributed by atoms with Crippen molar-refractivity contribution in [2.75, 3.05) is 0 Å². The minimum absolute atomic E-state index is 0.0922. The van der Waals surface area contributed by atoms with E-state index in [9.17, 15) is 8.78 Å². The number of benzene rings is 1. The predicted octanol–water partition coefficient (Wildman–Crippen LogP) is 8.52. The lowest BCUT2D eigenvalue weighted by Crippen LogP contribution is -2.28. The van der Waals surface area contributed by atoms with E-state index in [-0.39, 0.29) is 11.5 Å². The molecule has 1 atom stereocenters. The smallest absolute Gasteiger partial charge is 0.176 e. The molecule has 0 saturated heterocycles. The van der Waals surface area contributed by atoms with E-state index >= 15 is 0 Å². The van der Waals surface area contributed by atoms with Gasteiger partial charge < -0.3 is 0 Å². The molecule has 2 saturated carbocycles. The average molecular weight is 416 g/mol. The van der Waals surface area contributed by atoms with E-state index in [1.165, 1.54) is 63.9 Å². The van der Waals surface area contributed by atoms with Crippen LogP contribution in [0.1, 0.15) is 114 Å². The second-order valence-electron chi connectivity index (χ2n) is 10.0. The van der Waals surface area contributed by atoms with Crippen molar-refractivity contribution in [3.8, 4) is 6.07 Å². The molecule has 0 heterocycles. The van der Waals surface area contributed by atoms with Gasteiger partial charge in [-0.25, -0.2) is 8.78 Å². The largest absolute Gasteiger partial charge is 0.203 e. The molecule has 0 spiro atoms.